The van der Waals surface area contributed by atoms with Crippen LogP contribution in [0.4, 0.5) is 11.4 Å². The van der Waals surface area contributed by atoms with Crippen LogP contribution in [0.5, 0.6) is 0 Å². The van der Waals surface area contributed by atoms with E-state index >= 15 is 0 Å². The molecule has 0 heterocycles. The Balaban J connectivity index is 2.76. The number of rotatable bonds is 4. The summed E-state index contributed by atoms with van der Waals surface area (Å²) in [6, 6.07) is 6.18. The van der Waals surface area contributed by atoms with Crippen molar-refractivity contribution in [1.82, 2.24) is 5.32 Å². The number of carbonyl (C=O) groups is 1. The van der Waals surface area contributed by atoms with Crippen LogP contribution in [-0.4, -0.2) is 24.4 Å². The molecule has 1 aromatic carbocycles. The molecule has 0 radical (unpaired) electrons. The van der Waals surface area contributed by atoms with Crippen molar-refractivity contribution < 1.29 is 9.72 Å². The first-order valence-corrected chi connectivity index (χ1v) is 4.33. The molecule has 80 valence electrons. The van der Waals surface area contributed by atoms with Crippen molar-refractivity contribution in [3.05, 3.63) is 34.4 Å². The molecule has 1 aromatic rings. The minimum atomic E-state index is -0.494. The SMILES string of the molecule is CNC(=O)CNc1ccccc1[N+](=O)[O-]. The number of nitrogens with one attached hydrogen (secondary N) is 2. The zero-order valence-electron chi connectivity index (χ0n) is 8.19. The maximum Gasteiger partial charge on any atom is 0.292 e. The van der Waals surface area contributed by atoms with E-state index in [9.17, 15) is 14.9 Å². The summed E-state index contributed by atoms with van der Waals surface area (Å²) in [6.07, 6.45) is 0. The van der Waals surface area contributed by atoms with Gasteiger partial charge in [0.1, 0.15) is 5.69 Å². The second-order valence-corrected chi connectivity index (χ2v) is 2.80. The lowest BCUT2D eigenvalue weighted by molar-refractivity contribution is -0.383. The highest BCUT2D eigenvalue weighted by Crippen LogP contribution is 2.22. The molecule has 0 aromatic heterocycles. The van der Waals surface area contributed by atoms with Crippen molar-refractivity contribution in [2.45, 2.75) is 0 Å². The lowest BCUT2D eigenvalue weighted by atomic mass is 10.2. The summed E-state index contributed by atoms with van der Waals surface area (Å²) in [6.45, 7) is 0.0152. The smallest absolute Gasteiger partial charge is 0.292 e. The topological polar surface area (TPSA) is 84.3 Å². The molecular weight excluding hydrogens is 198 g/mol. The molecule has 1 rings (SSSR count). The largest absolute Gasteiger partial charge is 0.371 e. The quantitative estimate of drug-likeness (QED) is 0.566. The van der Waals surface area contributed by atoms with Gasteiger partial charge in [0.15, 0.2) is 0 Å². The monoisotopic (exact) mass is 209 g/mol. The highest BCUT2D eigenvalue weighted by molar-refractivity contribution is 5.81. The standard InChI is InChI=1S/C9H11N3O3/c1-10-9(13)6-11-7-4-2-3-5-8(7)12(14)15/h2-5,11H,6H2,1H3,(H,10,13). The number of nitro benzene ring substituents is 1. The molecule has 0 spiro atoms. The zero-order chi connectivity index (χ0) is 11.3. The van der Waals surface area contributed by atoms with Crippen LogP contribution < -0.4 is 10.6 Å². The van der Waals surface area contributed by atoms with Gasteiger partial charge in [-0.1, -0.05) is 12.1 Å². The fourth-order valence-corrected chi connectivity index (χ4v) is 1.05. The molecule has 6 nitrogen and oxygen atoms in total. The lowest BCUT2D eigenvalue weighted by Crippen LogP contribution is -2.26. The molecule has 2 N–H and O–H groups in total. The third-order valence-electron chi connectivity index (χ3n) is 1.82. The number of amides is 1. The van der Waals surface area contributed by atoms with Crippen molar-refractivity contribution in [1.29, 1.82) is 0 Å². The summed E-state index contributed by atoms with van der Waals surface area (Å²) >= 11 is 0. The average molecular weight is 209 g/mol. The minimum Gasteiger partial charge on any atom is -0.371 e. The Hall–Kier alpha value is -2.11. The number of anilines is 1. The Morgan fingerprint density at radius 3 is 2.73 bits per heavy atom. The number of para-hydroxylation sites is 2. The summed E-state index contributed by atoms with van der Waals surface area (Å²) in [7, 11) is 1.50. The van der Waals surface area contributed by atoms with Gasteiger partial charge in [-0.05, 0) is 6.07 Å². The maximum atomic E-state index is 10.9. The molecule has 0 aliphatic rings. The molecule has 0 saturated heterocycles. The van der Waals surface area contributed by atoms with E-state index in [0.717, 1.165) is 0 Å². The molecular formula is C9H11N3O3. The molecule has 1 amide bonds. The van der Waals surface area contributed by atoms with Gasteiger partial charge in [-0.3, -0.25) is 14.9 Å². The number of hydrogen-bond acceptors (Lipinski definition) is 4. The molecule has 0 fully saturated rings. The minimum absolute atomic E-state index is 0.0152. The molecule has 0 atom stereocenters. The average Bonchev–Trinajstić information content (AvgIpc) is 2.26. The van der Waals surface area contributed by atoms with E-state index < -0.39 is 4.92 Å². The van der Waals surface area contributed by atoms with Crippen molar-refractivity contribution in [2.75, 3.05) is 18.9 Å². The molecule has 6 heteroatoms. The predicted octanol–water partition coefficient (Wildman–Crippen LogP) is 0.753. The molecule has 15 heavy (non-hydrogen) atoms. The Morgan fingerprint density at radius 1 is 1.47 bits per heavy atom. The second kappa shape index (κ2) is 4.94. The third kappa shape index (κ3) is 2.94. The molecule has 0 saturated carbocycles. The van der Waals surface area contributed by atoms with Crippen LogP contribution in [-0.2, 0) is 4.79 Å². The second-order valence-electron chi connectivity index (χ2n) is 2.80. The molecule has 0 unspecified atom stereocenters. The third-order valence-corrected chi connectivity index (χ3v) is 1.82. The summed E-state index contributed by atoms with van der Waals surface area (Å²) in [5.41, 5.74) is 0.299. The van der Waals surface area contributed by atoms with Gasteiger partial charge >= 0.3 is 0 Å². The summed E-state index contributed by atoms with van der Waals surface area (Å²) in [5.74, 6) is -0.229. The van der Waals surface area contributed by atoms with Crippen LogP contribution in [0.15, 0.2) is 24.3 Å². The van der Waals surface area contributed by atoms with Crippen LogP contribution in [0, 0.1) is 10.1 Å². The maximum absolute atomic E-state index is 10.9. The zero-order valence-corrected chi connectivity index (χ0v) is 8.19. The highest BCUT2D eigenvalue weighted by Gasteiger charge is 2.12. The van der Waals surface area contributed by atoms with E-state index in [1.165, 1.54) is 13.1 Å². The predicted molar refractivity (Wildman–Crippen MR) is 55.7 cm³/mol. The van der Waals surface area contributed by atoms with Gasteiger partial charge in [-0.15, -0.1) is 0 Å². The Morgan fingerprint density at radius 2 is 2.13 bits per heavy atom. The van der Waals surface area contributed by atoms with Gasteiger partial charge in [-0.25, -0.2) is 0 Å². The van der Waals surface area contributed by atoms with Crippen molar-refractivity contribution in [3.63, 3.8) is 0 Å². The number of benzene rings is 1. The summed E-state index contributed by atoms with van der Waals surface area (Å²) in [5, 5.41) is 15.7. The van der Waals surface area contributed by atoms with Crippen LogP contribution in [0.3, 0.4) is 0 Å². The number of carbonyl (C=O) groups excluding carboxylic acids is 1. The van der Waals surface area contributed by atoms with E-state index in [1.807, 2.05) is 0 Å². The summed E-state index contributed by atoms with van der Waals surface area (Å²) < 4.78 is 0. The Bertz CT molecular complexity index is 379. The van der Waals surface area contributed by atoms with Crippen LogP contribution in [0.1, 0.15) is 0 Å². The number of likely N-dealkylation sites (N-methyl/N-ethyl adjacent to an activating group) is 1. The van der Waals surface area contributed by atoms with Crippen molar-refractivity contribution in [3.8, 4) is 0 Å². The Kier molecular flexibility index (Phi) is 3.61. The molecule has 0 aliphatic heterocycles. The van der Waals surface area contributed by atoms with Crippen molar-refractivity contribution in [2.24, 2.45) is 0 Å². The van der Waals surface area contributed by atoms with Gasteiger partial charge in [0.25, 0.3) is 5.69 Å². The first kappa shape index (κ1) is 11.0. The van der Waals surface area contributed by atoms with Gasteiger partial charge in [0.05, 0.1) is 11.5 Å². The highest BCUT2D eigenvalue weighted by atomic mass is 16.6. The normalized spacial score (nSPS) is 9.40. The van der Waals surface area contributed by atoms with Crippen LogP contribution >= 0.6 is 0 Å². The van der Waals surface area contributed by atoms with E-state index in [4.69, 9.17) is 0 Å². The first-order chi connectivity index (χ1) is 7.15. The van der Waals surface area contributed by atoms with Crippen LogP contribution in [0.25, 0.3) is 0 Å². The fourth-order valence-electron chi connectivity index (χ4n) is 1.05. The number of nitrogens with zero attached hydrogens (tertiary/aromatic N) is 1. The number of hydrogen-bond donors (Lipinski definition) is 2. The van der Waals surface area contributed by atoms with Crippen LogP contribution in [0.2, 0.25) is 0 Å². The fraction of sp³-hybridized carbons (Fsp3) is 0.222. The summed E-state index contributed by atoms with van der Waals surface area (Å²) in [4.78, 5) is 21.0. The van der Waals surface area contributed by atoms with E-state index in [1.54, 1.807) is 18.2 Å². The van der Waals surface area contributed by atoms with E-state index in [2.05, 4.69) is 10.6 Å². The lowest BCUT2D eigenvalue weighted by Gasteiger charge is -2.05. The Labute approximate surface area is 86.4 Å². The van der Waals surface area contributed by atoms with Crippen molar-refractivity contribution >= 4 is 17.3 Å². The van der Waals surface area contributed by atoms with Gasteiger partial charge in [0, 0.05) is 13.1 Å². The van der Waals surface area contributed by atoms with Gasteiger partial charge in [0.2, 0.25) is 5.91 Å². The van der Waals surface area contributed by atoms with Gasteiger partial charge < -0.3 is 10.6 Å². The molecule has 0 bridgehead atoms. The molecule has 0 aliphatic carbocycles. The van der Waals surface area contributed by atoms with E-state index in [-0.39, 0.29) is 18.1 Å². The van der Waals surface area contributed by atoms with E-state index in [0.29, 0.717) is 5.69 Å². The number of nitro groups is 1. The van der Waals surface area contributed by atoms with Gasteiger partial charge in [-0.2, -0.15) is 0 Å². The first-order valence-electron chi connectivity index (χ1n) is 4.33.